The van der Waals surface area contributed by atoms with E-state index in [1.807, 2.05) is 12.1 Å². The number of nitrogens with one attached hydrogen (secondary N) is 1. The Morgan fingerprint density at radius 1 is 1.24 bits per heavy atom. The molecule has 17 heavy (non-hydrogen) atoms. The first-order chi connectivity index (χ1) is 8.10. The van der Waals surface area contributed by atoms with Crippen LogP contribution in [0, 0.1) is 0 Å². The van der Waals surface area contributed by atoms with E-state index in [1.165, 1.54) is 0 Å². The number of sulfonamides is 1. The maximum atomic E-state index is 11.8. The molecule has 0 aromatic heterocycles. The van der Waals surface area contributed by atoms with Crippen LogP contribution >= 0.6 is 0 Å². The maximum Gasteiger partial charge on any atom is 0.240 e. The topological polar surface area (TPSA) is 72.2 Å². The summed E-state index contributed by atoms with van der Waals surface area (Å²) in [5.74, 6) is 0. The third-order valence-corrected chi connectivity index (χ3v) is 3.92. The Kier molecular flexibility index (Phi) is 5.61. The number of hydrogen-bond donors (Lipinski definition) is 2. The third kappa shape index (κ3) is 4.46. The molecule has 0 heterocycles. The molecule has 3 N–H and O–H groups in total. The van der Waals surface area contributed by atoms with Crippen LogP contribution in [0.2, 0.25) is 0 Å². The smallest absolute Gasteiger partial charge is 0.240 e. The first-order valence-corrected chi connectivity index (χ1v) is 7.37. The largest absolute Gasteiger partial charge is 0.330 e. The Morgan fingerprint density at radius 2 is 1.88 bits per heavy atom. The second kappa shape index (κ2) is 6.74. The van der Waals surface area contributed by atoms with Gasteiger partial charge < -0.3 is 5.73 Å². The molecule has 0 aliphatic carbocycles. The van der Waals surface area contributed by atoms with E-state index in [4.69, 9.17) is 5.73 Å². The quantitative estimate of drug-likeness (QED) is 0.722. The molecule has 0 amide bonds. The van der Waals surface area contributed by atoms with Gasteiger partial charge in [-0.25, -0.2) is 13.1 Å². The van der Waals surface area contributed by atoms with Crippen molar-refractivity contribution in [3.63, 3.8) is 0 Å². The van der Waals surface area contributed by atoms with Gasteiger partial charge in [-0.3, -0.25) is 0 Å². The van der Waals surface area contributed by atoms with Crippen LogP contribution in [0.15, 0.2) is 29.2 Å². The summed E-state index contributed by atoms with van der Waals surface area (Å²) in [4.78, 5) is 0.314. The number of hydrogen-bond acceptors (Lipinski definition) is 3. The Labute approximate surface area is 103 Å². The number of rotatable bonds is 7. The van der Waals surface area contributed by atoms with Crippen LogP contribution in [0.4, 0.5) is 0 Å². The first-order valence-electron chi connectivity index (χ1n) is 5.89. The molecule has 4 nitrogen and oxygen atoms in total. The standard InChI is InChI=1S/C12H20N2O2S/c1-2-4-11-5-7-12(8-6-11)17(15,16)14-10-3-9-13/h5-8,14H,2-4,9-10,13H2,1H3. The first kappa shape index (κ1) is 14.2. The molecule has 0 saturated carbocycles. The highest BCUT2D eigenvalue weighted by Gasteiger charge is 2.12. The molecule has 0 fully saturated rings. The van der Waals surface area contributed by atoms with Crippen LogP contribution < -0.4 is 10.5 Å². The highest BCUT2D eigenvalue weighted by molar-refractivity contribution is 7.89. The van der Waals surface area contributed by atoms with Gasteiger partial charge in [0.1, 0.15) is 0 Å². The average molecular weight is 256 g/mol. The summed E-state index contributed by atoms with van der Waals surface area (Å²) in [6.45, 7) is 2.96. The summed E-state index contributed by atoms with van der Waals surface area (Å²) >= 11 is 0. The van der Waals surface area contributed by atoms with Gasteiger partial charge in [0, 0.05) is 6.54 Å². The minimum Gasteiger partial charge on any atom is -0.330 e. The molecule has 0 unspecified atom stereocenters. The fourth-order valence-electron chi connectivity index (χ4n) is 1.52. The maximum absolute atomic E-state index is 11.8. The van der Waals surface area contributed by atoms with Crippen LogP contribution in [0.3, 0.4) is 0 Å². The molecule has 96 valence electrons. The van der Waals surface area contributed by atoms with Gasteiger partial charge in [-0.2, -0.15) is 0 Å². The Hall–Kier alpha value is -0.910. The summed E-state index contributed by atoms with van der Waals surface area (Å²) in [6.07, 6.45) is 2.68. The van der Waals surface area contributed by atoms with E-state index in [-0.39, 0.29) is 0 Å². The summed E-state index contributed by atoms with van der Waals surface area (Å²) in [6, 6.07) is 7.02. The zero-order chi connectivity index (χ0) is 12.7. The molecule has 1 aromatic rings. The molecule has 0 spiro atoms. The third-order valence-electron chi connectivity index (χ3n) is 2.45. The van der Waals surface area contributed by atoms with Crippen molar-refractivity contribution >= 4 is 10.0 Å². The van der Waals surface area contributed by atoms with Gasteiger partial charge in [-0.05, 0) is 37.1 Å². The lowest BCUT2D eigenvalue weighted by Crippen LogP contribution is -2.26. The van der Waals surface area contributed by atoms with E-state index in [0.29, 0.717) is 24.4 Å². The van der Waals surface area contributed by atoms with Crippen molar-refractivity contribution in [2.24, 2.45) is 5.73 Å². The summed E-state index contributed by atoms with van der Waals surface area (Å²) in [7, 11) is -3.37. The normalized spacial score (nSPS) is 11.6. The molecular formula is C12H20N2O2S. The lowest BCUT2D eigenvalue weighted by molar-refractivity contribution is 0.579. The van der Waals surface area contributed by atoms with E-state index >= 15 is 0 Å². The van der Waals surface area contributed by atoms with E-state index in [2.05, 4.69) is 11.6 Å². The van der Waals surface area contributed by atoms with Crippen LogP contribution in [0.5, 0.6) is 0 Å². The molecule has 0 saturated heterocycles. The van der Waals surface area contributed by atoms with Gasteiger partial charge in [0.25, 0.3) is 0 Å². The van der Waals surface area contributed by atoms with Crippen molar-refractivity contribution in [1.82, 2.24) is 4.72 Å². The monoisotopic (exact) mass is 256 g/mol. The van der Waals surface area contributed by atoms with Crippen molar-refractivity contribution in [3.05, 3.63) is 29.8 Å². The van der Waals surface area contributed by atoms with Gasteiger partial charge in [0.15, 0.2) is 0 Å². The molecule has 0 aliphatic heterocycles. The zero-order valence-corrected chi connectivity index (χ0v) is 11.0. The molecule has 1 rings (SSSR count). The van der Waals surface area contributed by atoms with Crippen molar-refractivity contribution in [2.45, 2.75) is 31.1 Å². The van der Waals surface area contributed by atoms with E-state index in [0.717, 1.165) is 18.4 Å². The number of nitrogens with two attached hydrogens (primary N) is 1. The predicted molar refractivity (Wildman–Crippen MR) is 69.3 cm³/mol. The molecule has 0 aliphatic rings. The minimum absolute atomic E-state index is 0.314. The van der Waals surface area contributed by atoms with Crippen LogP contribution in [-0.2, 0) is 16.4 Å². The van der Waals surface area contributed by atoms with Gasteiger partial charge in [0.2, 0.25) is 10.0 Å². The van der Waals surface area contributed by atoms with E-state index in [1.54, 1.807) is 12.1 Å². The fraction of sp³-hybridized carbons (Fsp3) is 0.500. The van der Waals surface area contributed by atoms with Crippen LogP contribution in [0.1, 0.15) is 25.3 Å². The zero-order valence-electron chi connectivity index (χ0n) is 10.1. The SMILES string of the molecule is CCCc1ccc(S(=O)(=O)NCCCN)cc1. The van der Waals surface area contributed by atoms with E-state index in [9.17, 15) is 8.42 Å². The molecule has 0 radical (unpaired) electrons. The molecule has 0 atom stereocenters. The molecule has 1 aromatic carbocycles. The highest BCUT2D eigenvalue weighted by Crippen LogP contribution is 2.11. The highest BCUT2D eigenvalue weighted by atomic mass is 32.2. The molecule has 0 bridgehead atoms. The van der Waals surface area contributed by atoms with Gasteiger partial charge >= 0.3 is 0 Å². The van der Waals surface area contributed by atoms with E-state index < -0.39 is 10.0 Å². The van der Waals surface area contributed by atoms with Crippen molar-refractivity contribution in [3.8, 4) is 0 Å². The number of benzene rings is 1. The van der Waals surface area contributed by atoms with Gasteiger partial charge in [-0.1, -0.05) is 25.5 Å². The summed E-state index contributed by atoms with van der Waals surface area (Å²) in [5.41, 5.74) is 6.48. The Morgan fingerprint density at radius 3 is 2.41 bits per heavy atom. The van der Waals surface area contributed by atoms with Crippen molar-refractivity contribution < 1.29 is 8.42 Å². The fourth-order valence-corrected chi connectivity index (χ4v) is 2.59. The van der Waals surface area contributed by atoms with Gasteiger partial charge in [0.05, 0.1) is 4.90 Å². The summed E-state index contributed by atoms with van der Waals surface area (Å²) in [5, 5.41) is 0. The summed E-state index contributed by atoms with van der Waals surface area (Å²) < 4.78 is 26.2. The van der Waals surface area contributed by atoms with Gasteiger partial charge in [-0.15, -0.1) is 0 Å². The van der Waals surface area contributed by atoms with Crippen molar-refractivity contribution in [1.29, 1.82) is 0 Å². The minimum atomic E-state index is -3.37. The molecule has 5 heteroatoms. The lowest BCUT2D eigenvalue weighted by Gasteiger charge is -2.06. The second-order valence-corrected chi connectivity index (χ2v) is 5.70. The van der Waals surface area contributed by atoms with Crippen molar-refractivity contribution in [2.75, 3.05) is 13.1 Å². The second-order valence-electron chi connectivity index (χ2n) is 3.93. The van der Waals surface area contributed by atoms with Crippen LogP contribution in [-0.4, -0.2) is 21.5 Å². The Bertz CT molecular complexity index is 426. The average Bonchev–Trinajstić information content (AvgIpc) is 2.30. The lowest BCUT2D eigenvalue weighted by atomic mass is 10.1. The number of aryl methyl sites for hydroxylation is 1. The van der Waals surface area contributed by atoms with Crippen LogP contribution in [0.25, 0.3) is 0 Å². The molecular weight excluding hydrogens is 236 g/mol. The predicted octanol–water partition coefficient (Wildman–Crippen LogP) is 1.27. The Balaban J connectivity index is 2.71.